The van der Waals surface area contributed by atoms with Crippen LogP contribution in [0.25, 0.3) is 11.1 Å². The minimum absolute atomic E-state index is 0.0162. The lowest BCUT2D eigenvalue weighted by molar-refractivity contribution is 0.0952. The van der Waals surface area contributed by atoms with Gasteiger partial charge in [-0.15, -0.1) is 0 Å². The second-order valence-corrected chi connectivity index (χ2v) is 12.1. The van der Waals surface area contributed by atoms with E-state index in [-0.39, 0.29) is 22.3 Å². The Morgan fingerprint density at radius 1 is 0.927 bits per heavy atom. The fourth-order valence-corrected chi connectivity index (χ4v) is 6.22. The number of carbonyl (C=O) groups is 1. The predicted molar refractivity (Wildman–Crippen MR) is 162 cm³/mol. The highest BCUT2D eigenvalue weighted by atomic mass is 32.2. The highest BCUT2D eigenvalue weighted by Gasteiger charge is 2.22. The molecule has 0 atom stereocenters. The summed E-state index contributed by atoms with van der Waals surface area (Å²) in [6.45, 7) is 2.41. The molecule has 0 aliphatic carbocycles. The van der Waals surface area contributed by atoms with Gasteiger partial charge in [-0.05, 0) is 72.4 Å². The molecule has 0 bridgehead atoms. The highest BCUT2D eigenvalue weighted by molar-refractivity contribution is 7.90. The van der Waals surface area contributed by atoms with Crippen LogP contribution in [0.15, 0.2) is 89.8 Å². The minimum atomic E-state index is -3.80. The third-order valence-electron chi connectivity index (χ3n) is 6.94. The SMILES string of the molecule is COc1ccc(-c2ccccc2F)cc1S(=O)(=O)Cc1cccc(CCCNC(=O)c2cc(N(C)C)ccc2C)c1. The number of carbonyl (C=O) groups excluding carboxylic acids is 1. The number of hydrogen-bond acceptors (Lipinski definition) is 5. The van der Waals surface area contributed by atoms with E-state index < -0.39 is 15.7 Å². The Bertz CT molecular complexity index is 1650. The van der Waals surface area contributed by atoms with Gasteiger partial charge in [-0.2, -0.15) is 0 Å². The molecule has 41 heavy (non-hydrogen) atoms. The molecule has 0 spiro atoms. The van der Waals surface area contributed by atoms with Gasteiger partial charge in [-0.25, -0.2) is 12.8 Å². The maximum atomic E-state index is 14.4. The molecule has 4 aromatic rings. The van der Waals surface area contributed by atoms with E-state index in [9.17, 15) is 17.6 Å². The van der Waals surface area contributed by atoms with Crippen LogP contribution in [0.2, 0.25) is 0 Å². The van der Waals surface area contributed by atoms with Crippen LogP contribution in [-0.2, 0) is 22.0 Å². The van der Waals surface area contributed by atoms with Crippen molar-refractivity contribution < 1.29 is 22.3 Å². The predicted octanol–water partition coefficient (Wildman–Crippen LogP) is 6.21. The largest absolute Gasteiger partial charge is 0.495 e. The zero-order chi connectivity index (χ0) is 29.6. The van der Waals surface area contributed by atoms with Gasteiger partial charge in [0.05, 0.1) is 12.9 Å². The van der Waals surface area contributed by atoms with Crippen molar-refractivity contribution >= 4 is 21.4 Å². The Kier molecular flexibility index (Phi) is 9.45. The third-order valence-corrected chi connectivity index (χ3v) is 8.64. The molecule has 0 radical (unpaired) electrons. The van der Waals surface area contributed by atoms with E-state index in [1.54, 1.807) is 36.4 Å². The molecular weight excluding hydrogens is 539 g/mol. The van der Waals surface area contributed by atoms with E-state index in [2.05, 4.69) is 5.32 Å². The third kappa shape index (κ3) is 7.32. The van der Waals surface area contributed by atoms with Gasteiger partial charge in [0.1, 0.15) is 16.5 Å². The molecule has 0 aliphatic rings. The number of anilines is 1. The normalized spacial score (nSPS) is 11.2. The molecule has 0 saturated carbocycles. The van der Waals surface area contributed by atoms with Crippen molar-refractivity contribution in [3.8, 4) is 16.9 Å². The molecule has 0 saturated heterocycles. The summed E-state index contributed by atoms with van der Waals surface area (Å²) in [6.07, 6.45) is 1.38. The molecule has 4 rings (SSSR count). The maximum absolute atomic E-state index is 14.4. The monoisotopic (exact) mass is 574 g/mol. The maximum Gasteiger partial charge on any atom is 0.251 e. The standard InChI is InChI=1S/C33H35FN2O4S/c1-23-14-16-27(36(2)3)21-29(23)33(37)35-18-8-11-24-9-7-10-25(19-24)22-41(38,39)32-20-26(15-17-31(32)40-4)28-12-5-6-13-30(28)34/h5-7,9-10,12-17,19-21H,8,11,18,22H2,1-4H3,(H,35,37). The van der Waals surface area contributed by atoms with E-state index >= 15 is 0 Å². The summed E-state index contributed by atoms with van der Waals surface area (Å²) in [5.74, 6) is -0.557. The van der Waals surface area contributed by atoms with Crippen molar-refractivity contribution in [2.24, 2.45) is 0 Å². The molecular formula is C33H35FN2O4S. The molecule has 1 amide bonds. The quantitative estimate of drug-likeness (QED) is 0.216. The van der Waals surface area contributed by atoms with Crippen molar-refractivity contribution in [1.29, 1.82) is 0 Å². The van der Waals surface area contributed by atoms with Gasteiger partial charge >= 0.3 is 0 Å². The topological polar surface area (TPSA) is 75.7 Å². The van der Waals surface area contributed by atoms with E-state index in [1.165, 1.54) is 19.2 Å². The smallest absolute Gasteiger partial charge is 0.251 e. The van der Waals surface area contributed by atoms with Gasteiger partial charge in [0.25, 0.3) is 5.91 Å². The summed E-state index contributed by atoms with van der Waals surface area (Å²) in [5.41, 5.74) is 4.93. The summed E-state index contributed by atoms with van der Waals surface area (Å²) < 4.78 is 46.7. The van der Waals surface area contributed by atoms with E-state index in [4.69, 9.17) is 4.74 Å². The van der Waals surface area contributed by atoms with Gasteiger partial charge in [0, 0.05) is 37.5 Å². The number of aryl methyl sites for hydroxylation is 2. The molecule has 8 heteroatoms. The van der Waals surface area contributed by atoms with E-state index in [1.807, 2.05) is 62.3 Å². The van der Waals surface area contributed by atoms with Crippen LogP contribution in [-0.4, -0.2) is 42.1 Å². The molecule has 4 aromatic carbocycles. The first-order chi connectivity index (χ1) is 19.6. The van der Waals surface area contributed by atoms with Crippen molar-refractivity contribution in [1.82, 2.24) is 5.32 Å². The second kappa shape index (κ2) is 13.0. The highest BCUT2D eigenvalue weighted by Crippen LogP contribution is 2.33. The van der Waals surface area contributed by atoms with Crippen LogP contribution in [0.5, 0.6) is 5.75 Å². The van der Waals surface area contributed by atoms with Gasteiger partial charge in [0.2, 0.25) is 0 Å². The fraction of sp³-hybridized carbons (Fsp3) is 0.242. The lowest BCUT2D eigenvalue weighted by Gasteiger charge is -2.15. The molecule has 0 aromatic heterocycles. The molecule has 6 nitrogen and oxygen atoms in total. The molecule has 0 aliphatic heterocycles. The summed E-state index contributed by atoms with van der Waals surface area (Å²) in [6, 6.07) is 24.2. The summed E-state index contributed by atoms with van der Waals surface area (Å²) in [5, 5.41) is 2.99. The van der Waals surface area contributed by atoms with Gasteiger partial charge in [-0.3, -0.25) is 4.79 Å². The summed E-state index contributed by atoms with van der Waals surface area (Å²) >= 11 is 0. The van der Waals surface area contributed by atoms with Crippen LogP contribution in [0.4, 0.5) is 10.1 Å². The number of hydrogen-bond donors (Lipinski definition) is 1. The molecule has 214 valence electrons. The zero-order valence-corrected chi connectivity index (χ0v) is 24.6. The minimum Gasteiger partial charge on any atom is -0.495 e. The number of amides is 1. The Morgan fingerprint density at radius 3 is 2.41 bits per heavy atom. The number of nitrogens with one attached hydrogen (secondary N) is 1. The van der Waals surface area contributed by atoms with Gasteiger partial charge in [-0.1, -0.05) is 54.6 Å². The second-order valence-electron chi connectivity index (χ2n) is 10.2. The number of benzene rings is 4. The Balaban J connectivity index is 1.42. The van der Waals surface area contributed by atoms with Crippen molar-refractivity contribution in [2.75, 3.05) is 32.6 Å². The van der Waals surface area contributed by atoms with Gasteiger partial charge in [0.15, 0.2) is 9.84 Å². The van der Waals surface area contributed by atoms with Crippen LogP contribution in [0, 0.1) is 12.7 Å². The molecule has 0 fully saturated rings. The first-order valence-corrected chi connectivity index (χ1v) is 15.0. The van der Waals surface area contributed by atoms with E-state index in [0.29, 0.717) is 41.6 Å². The number of rotatable bonds is 11. The number of ether oxygens (including phenoxy) is 1. The van der Waals surface area contributed by atoms with Gasteiger partial charge < -0.3 is 15.0 Å². The fourth-order valence-electron chi connectivity index (χ4n) is 4.68. The van der Waals surface area contributed by atoms with Crippen molar-refractivity contribution in [3.05, 3.63) is 113 Å². The average Bonchev–Trinajstić information content (AvgIpc) is 2.95. The van der Waals surface area contributed by atoms with Crippen LogP contribution >= 0.6 is 0 Å². The lowest BCUT2D eigenvalue weighted by atomic mass is 10.1. The van der Waals surface area contributed by atoms with E-state index in [0.717, 1.165) is 16.8 Å². The molecule has 0 unspecified atom stereocenters. The molecule has 0 heterocycles. The number of methoxy groups -OCH3 is 1. The lowest BCUT2D eigenvalue weighted by Crippen LogP contribution is -2.26. The summed E-state index contributed by atoms with van der Waals surface area (Å²) in [4.78, 5) is 14.7. The Labute approximate surface area is 241 Å². The van der Waals surface area contributed by atoms with Crippen LogP contribution in [0.3, 0.4) is 0 Å². The summed E-state index contributed by atoms with van der Waals surface area (Å²) in [7, 11) is 1.48. The first kappa shape index (κ1) is 29.8. The zero-order valence-electron chi connectivity index (χ0n) is 23.8. The Morgan fingerprint density at radius 2 is 1.68 bits per heavy atom. The van der Waals surface area contributed by atoms with Crippen molar-refractivity contribution in [3.63, 3.8) is 0 Å². The number of sulfone groups is 1. The van der Waals surface area contributed by atoms with Crippen LogP contribution in [0.1, 0.15) is 33.5 Å². The number of halogens is 1. The Hall–Kier alpha value is -4.17. The average molecular weight is 575 g/mol. The van der Waals surface area contributed by atoms with Crippen LogP contribution < -0.4 is 15.0 Å². The van der Waals surface area contributed by atoms with Crippen molar-refractivity contribution in [2.45, 2.75) is 30.4 Å². The number of nitrogens with zero attached hydrogens (tertiary/aromatic N) is 1. The first-order valence-electron chi connectivity index (χ1n) is 13.4. The molecule has 1 N–H and O–H groups in total.